The van der Waals surface area contributed by atoms with E-state index >= 15 is 0 Å². The molecule has 0 aliphatic rings. The molecule has 37 heavy (non-hydrogen) atoms. The molecule has 1 heterocycles. The molecule has 4 atom stereocenters. The predicted octanol–water partition coefficient (Wildman–Crippen LogP) is -1.49. The molecule has 2 aromatic rings. The number of aromatic hydroxyl groups is 1. The van der Waals surface area contributed by atoms with Crippen molar-refractivity contribution in [3.63, 3.8) is 0 Å². The topological polar surface area (TPSA) is 220 Å². The van der Waals surface area contributed by atoms with Gasteiger partial charge in [-0.15, -0.1) is 0 Å². The van der Waals surface area contributed by atoms with Gasteiger partial charge < -0.3 is 42.0 Å². The van der Waals surface area contributed by atoms with Crippen molar-refractivity contribution in [3.05, 3.63) is 48.0 Å². The standard InChI is InChI=1S/C23H32N6O7S/c1-37-7-6-17(21(33)28-18(23(35)36)8-13-2-4-15(31)5-3-13)27-22(34)19(11-30)29-20(32)16(24)9-14-10-25-12-26-14/h2-5,10,12,16-19,30-31H,6-9,11,24H2,1H3,(H,25,26)(H,27,34)(H,28,33)(H,29,32)(H,35,36). The van der Waals surface area contributed by atoms with E-state index < -0.39 is 54.5 Å². The average molecular weight is 537 g/mol. The van der Waals surface area contributed by atoms with E-state index in [2.05, 4.69) is 25.9 Å². The Balaban J connectivity index is 2.03. The van der Waals surface area contributed by atoms with Crippen LogP contribution < -0.4 is 21.7 Å². The Morgan fingerprint density at radius 3 is 2.19 bits per heavy atom. The third-order valence-electron chi connectivity index (χ3n) is 5.38. The van der Waals surface area contributed by atoms with E-state index in [4.69, 9.17) is 5.73 Å². The van der Waals surface area contributed by atoms with Crippen LogP contribution in [0.3, 0.4) is 0 Å². The molecule has 202 valence electrons. The van der Waals surface area contributed by atoms with Gasteiger partial charge in [0.1, 0.15) is 23.9 Å². The molecule has 2 rings (SSSR count). The number of nitrogens with one attached hydrogen (secondary N) is 4. The van der Waals surface area contributed by atoms with Crippen LogP contribution in [0, 0.1) is 0 Å². The van der Waals surface area contributed by atoms with Gasteiger partial charge in [-0.2, -0.15) is 11.8 Å². The van der Waals surface area contributed by atoms with Crippen LogP contribution in [0.15, 0.2) is 36.8 Å². The Morgan fingerprint density at radius 1 is 1.00 bits per heavy atom. The number of benzene rings is 1. The number of carboxylic acid groups (broad SMARTS) is 1. The van der Waals surface area contributed by atoms with Gasteiger partial charge in [-0.3, -0.25) is 14.4 Å². The Hall–Kier alpha value is -3.62. The summed E-state index contributed by atoms with van der Waals surface area (Å²) in [4.78, 5) is 56.6. The van der Waals surface area contributed by atoms with Crippen molar-refractivity contribution in [1.29, 1.82) is 0 Å². The van der Waals surface area contributed by atoms with Crippen LogP contribution in [0.1, 0.15) is 17.7 Å². The Morgan fingerprint density at radius 2 is 1.62 bits per heavy atom. The molecule has 0 spiro atoms. The summed E-state index contributed by atoms with van der Waals surface area (Å²) in [7, 11) is 0. The number of phenolic OH excluding ortho intramolecular Hbond substituents is 1. The van der Waals surface area contributed by atoms with E-state index in [1.807, 2.05) is 0 Å². The quantitative estimate of drug-likeness (QED) is 0.132. The molecule has 0 saturated carbocycles. The minimum atomic E-state index is -1.38. The van der Waals surface area contributed by atoms with Gasteiger partial charge >= 0.3 is 5.97 Å². The number of aromatic amines is 1. The second-order valence-corrected chi connectivity index (χ2v) is 9.23. The number of nitrogens with two attached hydrogens (primary N) is 1. The van der Waals surface area contributed by atoms with Gasteiger partial charge in [-0.25, -0.2) is 9.78 Å². The third kappa shape index (κ3) is 9.74. The maximum Gasteiger partial charge on any atom is 0.326 e. The van der Waals surface area contributed by atoms with Crippen LogP contribution in [0.4, 0.5) is 0 Å². The highest BCUT2D eigenvalue weighted by atomic mass is 32.2. The van der Waals surface area contributed by atoms with E-state index in [0.29, 0.717) is 17.0 Å². The number of aliphatic hydroxyl groups is 1. The molecule has 0 bridgehead atoms. The lowest BCUT2D eigenvalue weighted by Gasteiger charge is -2.24. The van der Waals surface area contributed by atoms with E-state index in [-0.39, 0.29) is 25.0 Å². The Labute approximate surface area is 217 Å². The minimum Gasteiger partial charge on any atom is -0.508 e. The molecule has 1 aromatic carbocycles. The second kappa shape index (κ2) is 14.8. The highest BCUT2D eigenvalue weighted by Gasteiger charge is 2.30. The van der Waals surface area contributed by atoms with Crippen molar-refractivity contribution in [2.24, 2.45) is 5.73 Å². The summed E-state index contributed by atoms with van der Waals surface area (Å²) < 4.78 is 0. The SMILES string of the molecule is CSCCC(NC(=O)C(CO)NC(=O)C(N)Cc1cnc[nH]1)C(=O)NC(Cc1ccc(O)cc1)C(=O)O. The highest BCUT2D eigenvalue weighted by molar-refractivity contribution is 7.98. The summed E-state index contributed by atoms with van der Waals surface area (Å²) in [6.45, 7) is -0.746. The van der Waals surface area contributed by atoms with Crippen LogP contribution in [0.25, 0.3) is 0 Å². The maximum atomic E-state index is 12.9. The maximum absolute atomic E-state index is 12.9. The lowest BCUT2D eigenvalue weighted by molar-refractivity contribution is -0.142. The van der Waals surface area contributed by atoms with Crippen LogP contribution in [-0.4, -0.2) is 91.8 Å². The number of amides is 3. The fourth-order valence-corrected chi connectivity index (χ4v) is 3.79. The van der Waals surface area contributed by atoms with Crippen molar-refractivity contribution in [1.82, 2.24) is 25.9 Å². The molecule has 0 fully saturated rings. The number of phenols is 1. The summed E-state index contributed by atoms with van der Waals surface area (Å²) in [5, 5.41) is 36.0. The number of rotatable bonds is 15. The number of carboxylic acids is 1. The van der Waals surface area contributed by atoms with Gasteiger partial charge in [-0.1, -0.05) is 12.1 Å². The van der Waals surface area contributed by atoms with Crippen molar-refractivity contribution in [2.45, 2.75) is 43.4 Å². The monoisotopic (exact) mass is 536 g/mol. The van der Waals surface area contributed by atoms with Crippen molar-refractivity contribution in [3.8, 4) is 5.75 Å². The smallest absolute Gasteiger partial charge is 0.326 e. The third-order valence-corrected chi connectivity index (χ3v) is 6.03. The molecule has 1 aromatic heterocycles. The average Bonchev–Trinajstić information content (AvgIpc) is 3.38. The number of thioether (sulfide) groups is 1. The summed E-state index contributed by atoms with van der Waals surface area (Å²) in [5.74, 6) is -3.02. The molecule has 13 nitrogen and oxygen atoms in total. The fourth-order valence-electron chi connectivity index (χ4n) is 3.32. The van der Waals surface area contributed by atoms with Gasteiger partial charge in [0.2, 0.25) is 17.7 Å². The first-order valence-electron chi connectivity index (χ1n) is 11.4. The summed E-state index contributed by atoms with van der Waals surface area (Å²) >= 11 is 1.42. The summed E-state index contributed by atoms with van der Waals surface area (Å²) in [6, 6.07) is 1.08. The van der Waals surface area contributed by atoms with Crippen LogP contribution in [0.2, 0.25) is 0 Å². The number of carbonyl (C=O) groups is 4. The second-order valence-electron chi connectivity index (χ2n) is 8.24. The zero-order valence-corrected chi connectivity index (χ0v) is 21.0. The van der Waals surface area contributed by atoms with Crippen molar-refractivity contribution in [2.75, 3.05) is 18.6 Å². The number of H-pyrrole nitrogens is 1. The van der Waals surface area contributed by atoms with Gasteiger partial charge in [0, 0.05) is 24.7 Å². The number of hydrogen-bond donors (Lipinski definition) is 8. The largest absolute Gasteiger partial charge is 0.508 e. The van der Waals surface area contributed by atoms with Crippen LogP contribution in [0.5, 0.6) is 5.75 Å². The molecule has 3 amide bonds. The van der Waals surface area contributed by atoms with E-state index in [1.165, 1.54) is 48.6 Å². The number of nitrogens with zero attached hydrogens (tertiary/aromatic N) is 1. The Bertz CT molecular complexity index is 1030. The first-order valence-corrected chi connectivity index (χ1v) is 12.8. The molecular weight excluding hydrogens is 504 g/mol. The van der Waals surface area contributed by atoms with Crippen molar-refractivity contribution >= 4 is 35.5 Å². The Kier molecular flexibility index (Phi) is 11.9. The van der Waals surface area contributed by atoms with Crippen molar-refractivity contribution < 1.29 is 34.5 Å². The summed E-state index contributed by atoms with van der Waals surface area (Å²) in [5.41, 5.74) is 7.06. The number of carbonyl (C=O) groups excluding carboxylic acids is 3. The molecule has 0 aliphatic carbocycles. The predicted molar refractivity (Wildman–Crippen MR) is 136 cm³/mol. The summed E-state index contributed by atoms with van der Waals surface area (Å²) in [6.07, 6.45) is 5.00. The molecule has 9 N–H and O–H groups in total. The first kappa shape index (κ1) is 29.6. The zero-order chi connectivity index (χ0) is 27.4. The number of hydrogen-bond acceptors (Lipinski definition) is 9. The van der Waals surface area contributed by atoms with Gasteiger partial charge in [-0.05, 0) is 36.1 Å². The lowest BCUT2D eigenvalue weighted by atomic mass is 10.0. The molecule has 4 unspecified atom stereocenters. The van der Waals surface area contributed by atoms with E-state index in [0.717, 1.165) is 0 Å². The molecular formula is C23H32N6O7S. The van der Waals surface area contributed by atoms with Crippen LogP contribution >= 0.6 is 11.8 Å². The first-order chi connectivity index (χ1) is 17.6. The fraction of sp³-hybridized carbons (Fsp3) is 0.435. The van der Waals surface area contributed by atoms with Crippen LogP contribution in [-0.2, 0) is 32.0 Å². The minimum absolute atomic E-state index is 0.0206. The lowest BCUT2D eigenvalue weighted by Crippen LogP contribution is -2.58. The molecule has 0 radical (unpaired) electrons. The molecule has 0 aliphatic heterocycles. The van der Waals surface area contributed by atoms with Gasteiger partial charge in [0.05, 0.1) is 19.0 Å². The number of aliphatic carboxylic acids is 1. The highest BCUT2D eigenvalue weighted by Crippen LogP contribution is 2.12. The zero-order valence-electron chi connectivity index (χ0n) is 20.2. The normalized spacial score (nSPS) is 14.1. The molecule has 0 saturated heterocycles. The molecule has 14 heteroatoms. The van der Waals surface area contributed by atoms with Gasteiger partial charge in [0.15, 0.2) is 0 Å². The van der Waals surface area contributed by atoms with E-state index in [1.54, 1.807) is 6.26 Å². The number of aliphatic hydroxyl groups excluding tert-OH is 1. The number of aromatic nitrogens is 2. The van der Waals surface area contributed by atoms with E-state index in [9.17, 15) is 34.5 Å². The number of imidazole rings is 1. The van der Waals surface area contributed by atoms with Gasteiger partial charge in [0.25, 0.3) is 0 Å².